The third-order valence-corrected chi connectivity index (χ3v) is 16.3. The van der Waals surface area contributed by atoms with Gasteiger partial charge in [0.15, 0.2) is 0 Å². The molecule has 0 saturated heterocycles. The van der Waals surface area contributed by atoms with Crippen molar-refractivity contribution < 1.29 is 0 Å². The fourth-order valence-corrected chi connectivity index (χ4v) is 13.0. The van der Waals surface area contributed by atoms with Gasteiger partial charge in [-0.25, -0.2) is 0 Å². The van der Waals surface area contributed by atoms with Crippen molar-refractivity contribution in [2.24, 2.45) is 0 Å². The molecule has 2 aliphatic carbocycles. The second kappa shape index (κ2) is 23.2. The molecule has 0 radical (unpaired) electrons. The van der Waals surface area contributed by atoms with Crippen LogP contribution in [0.25, 0.3) is 44.3 Å². The molecule has 0 bridgehead atoms. The predicted octanol–water partition coefficient (Wildman–Crippen LogP) is 15.3. The Bertz CT molecular complexity index is 1960. The zero-order chi connectivity index (χ0) is 39.8. The number of nitrogens with zero attached hydrogens (tertiary/aromatic N) is 4. The SMILES string of the molecule is CCCCCCCCCCCCCCCCC1(CCCCCCCCCCCCCCCC)c2cc3c(cc2-c2c1ccc1n[se]nc21)Cc1ccc2n[se]nc2c1-3. The summed E-state index contributed by atoms with van der Waals surface area (Å²) in [5.41, 5.74) is 16.4. The van der Waals surface area contributed by atoms with E-state index in [0.29, 0.717) is 0 Å². The van der Waals surface area contributed by atoms with Gasteiger partial charge in [0.25, 0.3) is 0 Å². The third kappa shape index (κ3) is 10.9. The maximum absolute atomic E-state index is 5.13. The zero-order valence-electron chi connectivity index (χ0n) is 36.5. The Balaban J connectivity index is 1.01. The number of unbranched alkanes of at least 4 members (excludes halogenated alkanes) is 26. The van der Waals surface area contributed by atoms with Gasteiger partial charge < -0.3 is 0 Å². The molecule has 4 nitrogen and oxygen atoms in total. The molecule has 0 spiro atoms. The predicted molar refractivity (Wildman–Crippen MR) is 251 cm³/mol. The second-order valence-electron chi connectivity index (χ2n) is 18.4. The number of fused-ring (bicyclic) bond motifs is 10. The van der Waals surface area contributed by atoms with E-state index in [1.54, 1.807) is 11.1 Å². The Morgan fingerprint density at radius 1 is 0.414 bits per heavy atom. The molecule has 7 rings (SSSR count). The van der Waals surface area contributed by atoms with E-state index < -0.39 is 0 Å². The van der Waals surface area contributed by atoms with Crippen LogP contribution in [-0.2, 0) is 11.8 Å². The Hall–Kier alpha value is -2.10. The molecule has 0 unspecified atom stereocenters. The van der Waals surface area contributed by atoms with Crippen molar-refractivity contribution in [3.63, 3.8) is 0 Å². The van der Waals surface area contributed by atoms with Gasteiger partial charge >= 0.3 is 251 Å². The molecular weight excluding hydrogens is 839 g/mol. The number of rotatable bonds is 30. The van der Waals surface area contributed by atoms with Gasteiger partial charge in [-0.15, -0.1) is 0 Å². The van der Waals surface area contributed by atoms with Crippen molar-refractivity contribution in [1.82, 2.24) is 15.9 Å². The van der Waals surface area contributed by atoms with E-state index >= 15 is 0 Å². The van der Waals surface area contributed by atoms with Crippen molar-refractivity contribution in [1.29, 1.82) is 0 Å². The molecule has 5 aromatic rings. The van der Waals surface area contributed by atoms with Crippen LogP contribution in [0, 0.1) is 0 Å². The van der Waals surface area contributed by atoms with Crippen LogP contribution < -0.4 is 0 Å². The number of aromatic nitrogens is 4. The molecule has 0 aliphatic heterocycles. The fraction of sp³-hybridized carbons (Fsp3) is 0.654. The molecule has 2 aromatic heterocycles. The van der Waals surface area contributed by atoms with E-state index in [1.165, 1.54) is 232 Å². The average Bonchev–Trinajstić information content (AvgIpc) is 4.04. The normalized spacial score (nSPS) is 13.8. The molecule has 3 aromatic carbocycles. The summed E-state index contributed by atoms with van der Waals surface area (Å²) in [6.45, 7) is 4.63. The summed E-state index contributed by atoms with van der Waals surface area (Å²) in [5, 5.41) is 0. The second-order valence-corrected chi connectivity index (χ2v) is 20.6. The van der Waals surface area contributed by atoms with E-state index in [9.17, 15) is 0 Å². The van der Waals surface area contributed by atoms with Crippen LogP contribution in [0.4, 0.5) is 0 Å². The molecule has 2 aliphatic rings. The van der Waals surface area contributed by atoms with Crippen LogP contribution in [0.2, 0.25) is 0 Å². The number of hydrogen-bond acceptors (Lipinski definition) is 4. The Labute approximate surface area is 365 Å². The molecule has 0 atom stereocenters. The summed E-state index contributed by atoms with van der Waals surface area (Å²) in [6.07, 6.45) is 42.9. The summed E-state index contributed by atoms with van der Waals surface area (Å²) in [7, 11) is 0. The van der Waals surface area contributed by atoms with Crippen LogP contribution in [0.3, 0.4) is 0 Å². The Morgan fingerprint density at radius 2 is 0.845 bits per heavy atom. The van der Waals surface area contributed by atoms with Gasteiger partial charge in [-0.2, -0.15) is 0 Å². The molecule has 314 valence electrons. The minimum absolute atomic E-state index is 0.0218. The van der Waals surface area contributed by atoms with E-state index in [2.05, 4.69) is 50.2 Å². The van der Waals surface area contributed by atoms with Gasteiger partial charge in [-0.05, 0) is 0 Å². The van der Waals surface area contributed by atoms with Crippen LogP contribution in [0.5, 0.6) is 0 Å². The van der Waals surface area contributed by atoms with Gasteiger partial charge in [0.1, 0.15) is 0 Å². The van der Waals surface area contributed by atoms with Crippen molar-refractivity contribution in [3.05, 3.63) is 58.7 Å². The molecule has 58 heavy (non-hydrogen) atoms. The summed E-state index contributed by atoms with van der Waals surface area (Å²) in [4.78, 5) is 0. The standard InChI is InChI=1S/C52H74N4Se2/c1-3-5-7-9-11-13-15-17-19-21-23-25-27-29-35-52(36-30-28-26-24-22-20-18-16-14-12-10-8-6-4-2)44-32-34-47-51(56-58-54-47)49(44)43-38-41-37-40-31-33-46-50(55-57-53-46)48(40)42(41)39-45(43)52/h31-34,38-39H,3-30,35-37H2,1-2H3. The van der Waals surface area contributed by atoms with E-state index in [1.807, 2.05) is 0 Å². The van der Waals surface area contributed by atoms with E-state index in [4.69, 9.17) is 15.9 Å². The summed E-state index contributed by atoms with van der Waals surface area (Å²) >= 11 is -0.0571. The van der Waals surface area contributed by atoms with Crippen molar-refractivity contribution in [2.45, 2.75) is 218 Å². The zero-order valence-corrected chi connectivity index (χ0v) is 39.9. The first-order chi connectivity index (χ1) is 28.7. The maximum atomic E-state index is 5.13. The molecule has 0 saturated carbocycles. The number of benzene rings is 3. The van der Waals surface area contributed by atoms with Crippen molar-refractivity contribution in [2.75, 3.05) is 0 Å². The van der Waals surface area contributed by atoms with Gasteiger partial charge in [-0.3, -0.25) is 0 Å². The van der Waals surface area contributed by atoms with Crippen LogP contribution in [-0.4, -0.2) is 45.8 Å². The third-order valence-electron chi connectivity index (χ3n) is 14.1. The molecule has 0 N–H and O–H groups in total. The first-order valence-corrected chi connectivity index (χ1v) is 27.5. The first kappa shape index (κ1) is 44.0. The summed E-state index contributed by atoms with van der Waals surface area (Å²) in [6, 6.07) is 14.6. The minimum atomic E-state index is -0.0353. The molecule has 6 heteroatoms. The van der Waals surface area contributed by atoms with E-state index in [-0.39, 0.29) is 35.3 Å². The monoisotopic (exact) mass is 914 g/mol. The quantitative estimate of drug-likeness (QED) is 0.0334. The van der Waals surface area contributed by atoms with Crippen LogP contribution in [0.1, 0.15) is 229 Å². The topological polar surface area (TPSA) is 51.6 Å². The average molecular weight is 913 g/mol. The molecule has 2 heterocycles. The fourth-order valence-electron chi connectivity index (χ4n) is 10.7. The van der Waals surface area contributed by atoms with Crippen LogP contribution >= 0.6 is 0 Å². The summed E-state index contributed by atoms with van der Waals surface area (Å²) < 4.78 is 19.8. The van der Waals surface area contributed by atoms with E-state index in [0.717, 1.165) is 23.0 Å². The summed E-state index contributed by atoms with van der Waals surface area (Å²) in [5.74, 6) is 0. The first-order valence-electron chi connectivity index (χ1n) is 24.4. The Morgan fingerprint density at radius 3 is 1.33 bits per heavy atom. The van der Waals surface area contributed by atoms with Crippen molar-refractivity contribution >= 4 is 52.0 Å². The van der Waals surface area contributed by atoms with Gasteiger partial charge in [-0.1, -0.05) is 117 Å². The molecule has 0 amide bonds. The Kier molecular flexibility index (Phi) is 17.6. The van der Waals surface area contributed by atoms with Crippen LogP contribution in [0.15, 0.2) is 36.4 Å². The number of hydrogen-bond donors (Lipinski definition) is 0. The van der Waals surface area contributed by atoms with Gasteiger partial charge in [0.05, 0.1) is 0 Å². The molecular formula is C52H74N4Se2. The molecule has 0 fully saturated rings. The van der Waals surface area contributed by atoms with Gasteiger partial charge in [0.2, 0.25) is 0 Å². The van der Waals surface area contributed by atoms with Gasteiger partial charge in [0, 0.05) is 0 Å². The van der Waals surface area contributed by atoms with Crippen molar-refractivity contribution in [3.8, 4) is 22.3 Å².